The highest BCUT2D eigenvalue weighted by atomic mass is 31.2. The Morgan fingerprint density at radius 3 is 1.82 bits per heavy atom. The first-order chi connectivity index (χ1) is 18.5. The van der Waals surface area contributed by atoms with Gasteiger partial charge in [0.15, 0.2) is 6.29 Å². The van der Waals surface area contributed by atoms with Crippen molar-refractivity contribution < 1.29 is 42.8 Å². The summed E-state index contributed by atoms with van der Waals surface area (Å²) >= 11 is 0. The summed E-state index contributed by atoms with van der Waals surface area (Å²) in [5.74, 6) is -1.02. The van der Waals surface area contributed by atoms with E-state index in [0.717, 1.165) is 12.5 Å². The normalized spacial score (nSPS) is 11.5. The average molecular weight is 567 g/mol. The predicted molar refractivity (Wildman–Crippen MR) is 144 cm³/mol. The zero-order chi connectivity index (χ0) is 29.8. The van der Waals surface area contributed by atoms with Crippen LogP contribution in [0.15, 0.2) is 54.6 Å². The Hall–Kier alpha value is -4.22. The number of carbonyl (C=O) groups is 3. The van der Waals surface area contributed by atoms with Crippen molar-refractivity contribution in [3.05, 3.63) is 86.0 Å². The molecule has 212 valence electrons. The Labute approximate surface area is 225 Å². The van der Waals surface area contributed by atoms with E-state index in [-0.39, 0.29) is 23.1 Å². The van der Waals surface area contributed by atoms with E-state index in [1.54, 1.807) is 31.2 Å². The van der Waals surface area contributed by atoms with Gasteiger partial charge in [-0.1, -0.05) is 31.2 Å². The van der Waals surface area contributed by atoms with Crippen LogP contribution >= 0.6 is 7.37 Å². The number of nitrogens with zero attached hydrogens (tertiary/aromatic N) is 2. The highest BCUT2D eigenvalue weighted by molar-refractivity contribution is 7.59. The number of methoxy groups -OCH3 is 2. The fourth-order valence-electron chi connectivity index (χ4n) is 2.80. The number of aldehydes is 1. The predicted octanol–water partition coefficient (Wildman–Crippen LogP) is 5.07. The maximum Gasteiger partial charge on any atom is 0.330 e. The number of nitro benzene ring substituents is 2. The lowest BCUT2D eigenvalue weighted by Gasteiger charge is -2.15. The van der Waals surface area contributed by atoms with Gasteiger partial charge in [-0.25, -0.2) is 4.79 Å². The van der Waals surface area contributed by atoms with Gasteiger partial charge >= 0.3 is 11.9 Å². The maximum atomic E-state index is 11.9. The molecule has 0 fully saturated rings. The summed E-state index contributed by atoms with van der Waals surface area (Å²) in [5.41, 5.74) is 0.283. The molecule has 0 aliphatic carbocycles. The SMILES string of the molecule is CCCP(=O)(CC(=O)OC)OCC.COC(=O)/C=C/c1ccccc1[N+](=O)[O-].O=Cc1ccccc1[N+](=O)[O-]. The minimum atomic E-state index is -2.77. The number of rotatable bonds is 11. The lowest BCUT2D eigenvalue weighted by atomic mass is 10.1. The summed E-state index contributed by atoms with van der Waals surface area (Å²) in [7, 11) is -0.242. The van der Waals surface area contributed by atoms with Crippen molar-refractivity contribution in [1.29, 1.82) is 0 Å². The first-order valence-corrected chi connectivity index (χ1v) is 13.4. The molecule has 0 spiro atoms. The van der Waals surface area contributed by atoms with Crippen molar-refractivity contribution >= 4 is 43.0 Å². The molecule has 39 heavy (non-hydrogen) atoms. The third-order valence-corrected chi connectivity index (χ3v) is 7.12. The van der Waals surface area contributed by atoms with Gasteiger partial charge in [0, 0.05) is 24.4 Å². The number of ether oxygens (including phenoxy) is 2. The van der Waals surface area contributed by atoms with Gasteiger partial charge in [0.1, 0.15) is 6.16 Å². The Kier molecular flexibility index (Phi) is 16.9. The standard InChI is InChI=1S/C10H9NO4.C8H17O4P.C7H5NO3/c1-15-10(12)7-6-8-4-2-3-5-9(8)11(13)14;1-4-6-13(10,12-5-2)7-8(9)11-3;9-5-6-3-1-2-4-7(6)8(10)11/h2-7H,1H3;4-7H2,1-3H3;1-5H/b7-6+;;. The minimum absolute atomic E-state index is 0.0438. The number of nitro groups is 2. The second kappa shape index (κ2) is 18.9. The van der Waals surface area contributed by atoms with Crippen LogP contribution in [-0.2, 0) is 28.2 Å². The molecule has 14 heteroatoms. The van der Waals surface area contributed by atoms with E-state index in [9.17, 15) is 39.2 Å². The summed E-state index contributed by atoms with van der Waals surface area (Å²) in [6.07, 6.45) is 4.04. The molecule has 13 nitrogen and oxygen atoms in total. The van der Waals surface area contributed by atoms with E-state index < -0.39 is 29.2 Å². The van der Waals surface area contributed by atoms with Gasteiger partial charge in [-0.2, -0.15) is 0 Å². The molecule has 2 aromatic rings. The van der Waals surface area contributed by atoms with E-state index in [0.29, 0.717) is 24.6 Å². The van der Waals surface area contributed by atoms with Crippen molar-refractivity contribution in [1.82, 2.24) is 0 Å². The van der Waals surface area contributed by atoms with Crippen molar-refractivity contribution in [3.63, 3.8) is 0 Å². The highest BCUT2D eigenvalue weighted by Crippen LogP contribution is 2.47. The van der Waals surface area contributed by atoms with Gasteiger partial charge < -0.3 is 14.0 Å². The monoisotopic (exact) mass is 566 g/mol. The number of esters is 2. The molecule has 1 unspecified atom stereocenters. The number of hydrogen-bond donors (Lipinski definition) is 0. The van der Waals surface area contributed by atoms with Crippen molar-refractivity contribution in [2.24, 2.45) is 0 Å². The Morgan fingerprint density at radius 2 is 1.41 bits per heavy atom. The van der Waals surface area contributed by atoms with Crippen LogP contribution in [0.1, 0.15) is 36.2 Å². The average Bonchev–Trinajstić information content (AvgIpc) is 2.92. The molecule has 2 rings (SSSR count). The second-order valence-electron chi connectivity index (χ2n) is 7.30. The maximum absolute atomic E-state index is 11.9. The second-order valence-corrected chi connectivity index (χ2v) is 9.95. The first kappa shape index (κ1) is 34.8. The van der Waals surface area contributed by atoms with Crippen molar-refractivity contribution in [2.75, 3.05) is 33.2 Å². The summed E-state index contributed by atoms with van der Waals surface area (Å²) < 4.78 is 25.8. The number of hydrogen-bond acceptors (Lipinski definition) is 11. The van der Waals surface area contributed by atoms with E-state index >= 15 is 0 Å². The van der Waals surface area contributed by atoms with Gasteiger partial charge in [0.2, 0.25) is 7.37 Å². The van der Waals surface area contributed by atoms with Crippen LogP contribution in [0.4, 0.5) is 11.4 Å². The molecule has 0 heterocycles. The van der Waals surface area contributed by atoms with Gasteiger partial charge in [0.05, 0.1) is 41.8 Å². The lowest BCUT2D eigenvalue weighted by molar-refractivity contribution is -0.385. The van der Waals surface area contributed by atoms with E-state index in [1.165, 1.54) is 44.6 Å². The summed E-state index contributed by atoms with van der Waals surface area (Å²) in [6.45, 7) is 4.04. The molecule has 0 amide bonds. The lowest BCUT2D eigenvalue weighted by Crippen LogP contribution is -2.11. The smallest absolute Gasteiger partial charge is 0.330 e. The molecule has 0 saturated heterocycles. The van der Waals surface area contributed by atoms with Crippen LogP contribution in [-0.4, -0.2) is 61.2 Å². The third kappa shape index (κ3) is 13.8. The molecule has 0 saturated carbocycles. The molecule has 0 aromatic heterocycles. The molecule has 0 aliphatic heterocycles. The van der Waals surface area contributed by atoms with Crippen LogP contribution in [0.3, 0.4) is 0 Å². The largest absolute Gasteiger partial charge is 0.469 e. The third-order valence-electron chi connectivity index (χ3n) is 4.52. The highest BCUT2D eigenvalue weighted by Gasteiger charge is 2.25. The van der Waals surface area contributed by atoms with Gasteiger partial charge in [-0.05, 0) is 31.6 Å². The summed E-state index contributed by atoms with van der Waals surface area (Å²) in [5, 5.41) is 20.8. The minimum Gasteiger partial charge on any atom is -0.469 e. The number of para-hydroxylation sites is 2. The van der Waals surface area contributed by atoms with Crippen LogP contribution in [0.5, 0.6) is 0 Å². The fraction of sp³-hybridized carbons (Fsp3) is 0.320. The Balaban J connectivity index is 0.000000562. The van der Waals surface area contributed by atoms with E-state index in [4.69, 9.17) is 4.52 Å². The molecule has 0 N–H and O–H groups in total. The zero-order valence-corrected chi connectivity index (χ0v) is 22.9. The van der Waals surface area contributed by atoms with Crippen LogP contribution in [0.25, 0.3) is 6.08 Å². The van der Waals surface area contributed by atoms with Crippen LogP contribution in [0, 0.1) is 20.2 Å². The van der Waals surface area contributed by atoms with E-state index in [1.807, 2.05) is 6.92 Å². The van der Waals surface area contributed by atoms with Gasteiger partial charge in [-0.15, -0.1) is 0 Å². The molecule has 2 aromatic carbocycles. The molecule has 0 aliphatic rings. The van der Waals surface area contributed by atoms with Crippen molar-refractivity contribution in [3.8, 4) is 0 Å². The Bertz CT molecular complexity index is 1190. The van der Waals surface area contributed by atoms with E-state index in [2.05, 4.69) is 9.47 Å². The Morgan fingerprint density at radius 1 is 0.897 bits per heavy atom. The first-order valence-electron chi connectivity index (χ1n) is 11.5. The molecule has 0 bridgehead atoms. The summed E-state index contributed by atoms with van der Waals surface area (Å²) in [6, 6.07) is 11.9. The molecular formula is C25H31N2O11P. The summed E-state index contributed by atoms with van der Waals surface area (Å²) in [4.78, 5) is 51.7. The van der Waals surface area contributed by atoms with Crippen LogP contribution < -0.4 is 0 Å². The van der Waals surface area contributed by atoms with Crippen molar-refractivity contribution in [2.45, 2.75) is 20.3 Å². The number of carbonyl (C=O) groups excluding carboxylic acids is 3. The molecular weight excluding hydrogens is 535 g/mol. The molecule has 1 atom stereocenters. The zero-order valence-electron chi connectivity index (χ0n) is 22.0. The number of benzene rings is 2. The quantitative estimate of drug-likeness (QED) is 0.0883. The molecule has 0 radical (unpaired) electrons. The van der Waals surface area contributed by atoms with Gasteiger partial charge in [-0.3, -0.25) is 34.4 Å². The fourth-order valence-corrected chi connectivity index (χ4v) is 4.85. The van der Waals surface area contributed by atoms with Crippen LogP contribution in [0.2, 0.25) is 0 Å². The topological polar surface area (TPSA) is 182 Å². The van der Waals surface area contributed by atoms with Gasteiger partial charge in [0.25, 0.3) is 11.4 Å².